The standard InChI is InChI=1S/C22H36N5O7PS.C13H19N3O6S.HI/c1-9-22-13-36(30,31)25(8)17(20(33-22)26-12-16(6)19(28)24-21(26)29)18(22)34-35(32-11-10-23-7)27(14(2)3)15(4)5;1-4-13-6-23(20,21)15(3)8(9(13)17)11(22-13)16-5-7(2)10(18)14-12(16)19;/h12,14-15,17-18,20H,9-11,13H2,1-6,8H3,(H,24,28,29);5,8-9,11,17H,4,6H2,1-3H3,(H,14,18,19);1H/p-1/t17-,18?,20+,22-,35?;8-,9?,11+,13-;/m00./s1. The van der Waals surface area contributed by atoms with Gasteiger partial charge in [-0.3, -0.25) is 28.7 Å². The summed E-state index contributed by atoms with van der Waals surface area (Å²) in [6.07, 6.45) is -0.555. The molecule has 0 amide bonds. The van der Waals surface area contributed by atoms with Crippen molar-refractivity contribution in [1.82, 2.24) is 32.4 Å². The van der Waals surface area contributed by atoms with Crippen molar-refractivity contribution in [1.29, 1.82) is 0 Å². The summed E-state index contributed by atoms with van der Waals surface area (Å²) in [6, 6.07) is -1.73. The van der Waals surface area contributed by atoms with Crippen LogP contribution in [0, 0.1) is 20.4 Å². The maximum atomic E-state index is 13.2. The Morgan fingerprint density at radius 3 is 1.75 bits per heavy atom. The van der Waals surface area contributed by atoms with E-state index in [1.807, 2.05) is 34.6 Å². The van der Waals surface area contributed by atoms with Crippen LogP contribution in [0.25, 0.3) is 4.85 Å². The lowest BCUT2D eigenvalue weighted by Gasteiger charge is -2.44. The molecule has 2 aromatic heterocycles. The fourth-order valence-electron chi connectivity index (χ4n) is 8.18. The van der Waals surface area contributed by atoms with Crippen LogP contribution in [0.1, 0.15) is 78.0 Å². The van der Waals surface area contributed by atoms with E-state index in [9.17, 15) is 41.1 Å². The lowest BCUT2D eigenvalue weighted by Crippen LogP contribution is -3.00. The number of aliphatic hydroxyl groups is 1. The lowest BCUT2D eigenvalue weighted by molar-refractivity contribution is -0.0905. The van der Waals surface area contributed by atoms with E-state index in [1.54, 1.807) is 13.8 Å². The molecule has 4 saturated heterocycles. The van der Waals surface area contributed by atoms with E-state index in [1.165, 1.54) is 42.3 Å². The molecule has 3 unspecified atom stereocenters. The minimum absolute atomic E-state index is 0. The van der Waals surface area contributed by atoms with Gasteiger partial charge in [-0.2, -0.15) is 8.61 Å². The van der Waals surface area contributed by atoms with Crippen molar-refractivity contribution in [3.05, 3.63) is 76.6 Å². The number of nitrogens with one attached hydrogen (secondary N) is 2. The molecule has 338 valence electrons. The molecule has 4 aliphatic heterocycles. The number of fused-ring (bicyclic) bond motifs is 4. The second-order valence-electron chi connectivity index (χ2n) is 15.8. The van der Waals surface area contributed by atoms with Gasteiger partial charge in [-0.25, -0.2) is 37.7 Å². The molecule has 25 heteroatoms. The molecular weight excluding hydrogens is 962 g/mol. The van der Waals surface area contributed by atoms with Gasteiger partial charge in [0, 0.05) is 49.7 Å². The third-order valence-electron chi connectivity index (χ3n) is 11.4. The summed E-state index contributed by atoms with van der Waals surface area (Å²) in [4.78, 5) is 56.2. The highest BCUT2D eigenvalue weighted by molar-refractivity contribution is 7.89. The number of sulfonamides is 2. The lowest BCUT2D eigenvalue weighted by atomic mass is 9.93. The van der Waals surface area contributed by atoms with Gasteiger partial charge < -0.3 is 52.4 Å². The number of halogens is 1. The number of nitrogens with zero attached hydrogens (tertiary/aromatic N) is 6. The number of likely N-dealkylation sites (N-methyl/N-ethyl adjacent to an activating group) is 2. The Morgan fingerprint density at radius 1 is 0.867 bits per heavy atom. The van der Waals surface area contributed by atoms with Crippen LogP contribution in [-0.4, -0.2) is 141 Å². The van der Waals surface area contributed by atoms with Gasteiger partial charge >= 0.3 is 11.4 Å². The van der Waals surface area contributed by atoms with Crippen LogP contribution in [-0.2, 0) is 38.6 Å². The highest BCUT2D eigenvalue weighted by Crippen LogP contribution is 2.56. The SMILES string of the molecule is CC[C@]12CS(=O)(=O)N(C)[C@@H](C1O)[C@H](n1cc(C)c(=O)[nH]c1=O)O2.[C-]#[N+]CCOP(OC1[C@H]2[C@H](n3cc(C)c(=O)[nH]c3=O)O[C@@]1(CC)CS(=O)(=O)N2C)N(C(C)C)C(C)C.[I-]. The third-order valence-corrected chi connectivity index (χ3v) is 17.5. The Balaban J connectivity index is 0.000000285. The number of aryl methyl sites for hydroxylation is 2. The minimum Gasteiger partial charge on any atom is -1.00 e. The van der Waals surface area contributed by atoms with E-state index in [0.29, 0.717) is 17.5 Å². The minimum atomic E-state index is -3.73. The molecule has 4 aliphatic rings. The number of H-pyrrole nitrogens is 2. The van der Waals surface area contributed by atoms with Gasteiger partial charge in [0.2, 0.25) is 26.6 Å². The molecule has 3 N–H and O–H groups in total. The zero-order valence-electron chi connectivity index (χ0n) is 35.2. The molecule has 4 bridgehead atoms. The van der Waals surface area contributed by atoms with Crippen molar-refractivity contribution in [2.75, 3.05) is 38.8 Å². The first-order valence-electron chi connectivity index (χ1n) is 19.2. The Morgan fingerprint density at radius 2 is 1.30 bits per heavy atom. The first kappa shape index (κ1) is 50.2. The van der Waals surface area contributed by atoms with Gasteiger partial charge in [0.25, 0.3) is 19.6 Å². The molecule has 21 nitrogen and oxygen atoms in total. The number of aromatic amines is 2. The van der Waals surface area contributed by atoms with Crippen LogP contribution in [0.5, 0.6) is 0 Å². The monoisotopic (exact) mass is 1020 g/mol. The van der Waals surface area contributed by atoms with Crippen LogP contribution in [0.3, 0.4) is 0 Å². The van der Waals surface area contributed by atoms with Gasteiger partial charge in [-0.1, -0.05) is 13.8 Å². The van der Waals surface area contributed by atoms with E-state index < -0.39 is 99.0 Å². The van der Waals surface area contributed by atoms with Crippen LogP contribution in [0.4, 0.5) is 0 Å². The molecule has 0 spiro atoms. The smallest absolute Gasteiger partial charge is 0.330 e. The van der Waals surface area contributed by atoms with Gasteiger partial charge in [-0.05, 0) is 54.4 Å². The van der Waals surface area contributed by atoms with E-state index in [4.69, 9.17) is 25.1 Å². The van der Waals surface area contributed by atoms with Crippen LogP contribution in [0.2, 0.25) is 0 Å². The van der Waals surface area contributed by atoms with Crippen LogP contribution in [0.15, 0.2) is 31.6 Å². The fraction of sp³-hybridized carbons (Fsp3) is 0.743. The molecule has 0 aromatic carbocycles. The maximum absolute atomic E-state index is 13.2. The molecule has 0 radical (unpaired) electrons. The molecule has 0 saturated carbocycles. The zero-order valence-corrected chi connectivity index (χ0v) is 39.9. The Labute approximate surface area is 367 Å². The summed E-state index contributed by atoms with van der Waals surface area (Å²) in [5.41, 5.74) is -4.35. The third kappa shape index (κ3) is 9.15. The highest BCUT2D eigenvalue weighted by atomic mass is 127. The van der Waals surface area contributed by atoms with Gasteiger partial charge in [0.1, 0.15) is 30.0 Å². The van der Waals surface area contributed by atoms with E-state index in [2.05, 4.69) is 19.5 Å². The largest absolute Gasteiger partial charge is 1.00 e. The Hall–Kier alpha value is -2.41. The topological polar surface area (TPSA) is 249 Å². The summed E-state index contributed by atoms with van der Waals surface area (Å²) >= 11 is 0. The van der Waals surface area contributed by atoms with Crippen molar-refractivity contribution < 1.29 is 64.4 Å². The quantitative estimate of drug-likeness (QED) is 0.0853. The summed E-state index contributed by atoms with van der Waals surface area (Å²) < 4.78 is 82.7. The van der Waals surface area contributed by atoms with Gasteiger partial charge in [0.05, 0.1) is 23.6 Å². The van der Waals surface area contributed by atoms with Crippen molar-refractivity contribution in [3.8, 4) is 0 Å². The summed E-state index contributed by atoms with van der Waals surface area (Å²) in [7, 11) is -6.24. The predicted molar refractivity (Wildman–Crippen MR) is 216 cm³/mol. The molecule has 60 heavy (non-hydrogen) atoms. The van der Waals surface area contributed by atoms with Gasteiger partial charge in [-0.15, -0.1) is 0 Å². The number of hydrogen-bond acceptors (Lipinski definition) is 14. The summed E-state index contributed by atoms with van der Waals surface area (Å²) in [5, 5.41) is 10.6. The first-order chi connectivity index (χ1) is 27.4. The van der Waals surface area contributed by atoms with Gasteiger partial charge in [0.15, 0.2) is 12.5 Å². The maximum Gasteiger partial charge on any atom is 0.330 e. The number of ether oxygens (including phenoxy) is 2. The molecule has 9 atom stereocenters. The van der Waals surface area contributed by atoms with E-state index in [0.717, 1.165) is 8.87 Å². The van der Waals surface area contributed by atoms with Crippen molar-refractivity contribution in [3.63, 3.8) is 0 Å². The highest BCUT2D eigenvalue weighted by Gasteiger charge is 2.66. The first-order valence-corrected chi connectivity index (χ1v) is 23.6. The van der Waals surface area contributed by atoms with Crippen molar-refractivity contribution in [2.24, 2.45) is 0 Å². The van der Waals surface area contributed by atoms with Crippen LogP contribution >= 0.6 is 8.53 Å². The summed E-state index contributed by atoms with van der Waals surface area (Å²) in [5.74, 6) is -0.672. The van der Waals surface area contributed by atoms with E-state index >= 15 is 0 Å². The normalized spacial score (nSPS) is 31.1. The molecule has 2 aromatic rings. The predicted octanol–water partition coefficient (Wildman–Crippen LogP) is -2.64. The molecule has 6 rings (SSSR count). The average molecular weight is 1020 g/mol. The Kier molecular flexibility index (Phi) is 15.7. The number of hydrogen-bond donors (Lipinski definition) is 3. The van der Waals surface area contributed by atoms with E-state index in [-0.39, 0.29) is 67.1 Å². The Bertz CT molecular complexity index is 2400. The number of aliphatic hydroxyl groups excluding tert-OH is 1. The molecule has 6 heterocycles. The molecule has 0 aliphatic carbocycles. The summed E-state index contributed by atoms with van der Waals surface area (Å²) in [6.45, 7) is 22.1. The second-order valence-corrected chi connectivity index (χ2v) is 21.3. The molecule has 4 fully saturated rings. The number of rotatable bonds is 12. The average Bonchev–Trinajstić information content (AvgIpc) is 3.53. The molecular formula is C35H55IN8O13PS2-. The second kappa shape index (κ2) is 18.7. The van der Waals surface area contributed by atoms with Crippen molar-refractivity contribution in [2.45, 2.75) is 128 Å². The fourth-order valence-corrected chi connectivity index (χ4v) is 13.7. The number of aromatic nitrogens is 4. The van der Waals surface area contributed by atoms with Crippen LogP contribution < -0.4 is 46.5 Å². The van der Waals surface area contributed by atoms with Crippen molar-refractivity contribution >= 4 is 28.6 Å². The zero-order chi connectivity index (χ0) is 44.2.